The Balaban J connectivity index is 2.82. The second-order valence-electron chi connectivity index (χ2n) is 2.99. The Kier molecular flexibility index (Phi) is 1.93. The van der Waals surface area contributed by atoms with Crippen LogP contribution in [-0.4, -0.2) is 20.6 Å². The van der Waals surface area contributed by atoms with Crippen LogP contribution in [-0.2, 0) is 7.05 Å². The van der Waals surface area contributed by atoms with E-state index in [0.717, 1.165) is 5.52 Å². The van der Waals surface area contributed by atoms with Crippen LogP contribution in [0.1, 0.15) is 10.4 Å². The number of hydrogen-bond donors (Lipinski definition) is 1. The molecule has 0 fully saturated rings. The molecule has 0 saturated carbocycles. The minimum Gasteiger partial charge on any atom is -0.478 e. The van der Waals surface area contributed by atoms with Crippen molar-refractivity contribution in [3.8, 4) is 0 Å². The number of rotatable bonds is 1. The molecular formula is C9H7ClN2O2. The number of aryl methyl sites for hydroxylation is 1. The quantitative estimate of drug-likeness (QED) is 0.783. The van der Waals surface area contributed by atoms with Gasteiger partial charge in [-0.05, 0) is 12.1 Å². The fourth-order valence-electron chi connectivity index (χ4n) is 1.31. The standard InChI is InChI=1S/C9H7ClN2O2/c1-12-4-11-8-6(10)2-5(9(13)14)3-7(8)12/h2-4H,1H3,(H,13,14). The van der Waals surface area contributed by atoms with Gasteiger partial charge in [-0.15, -0.1) is 0 Å². The maximum Gasteiger partial charge on any atom is 0.335 e. The lowest BCUT2D eigenvalue weighted by atomic mass is 10.2. The Labute approximate surface area is 84.7 Å². The molecule has 2 rings (SSSR count). The van der Waals surface area contributed by atoms with Crippen LogP contribution < -0.4 is 0 Å². The highest BCUT2D eigenvalue weighted by Gasteiger charge is 2.10. The number of aromatic carboxylic acids is 1. The molecule has 5 heteroatoms. The van der Waals surface area contributed by atoms with Crippen molar-refractivity contribution in [1.29, 1.82) is 0 Å². The van der Waals surface area contributed by atoms with Gasteiger partial charge in [0.2, 0.25) is 0 Å². The monoisotopic (exact) mass is 210 g/mol. The van der Waals surface area contributed by atoms with Crippen molar-refractivity contribution in [2.75, 3.05) is 0 Å². The molecule has 2 aromatic rings. The predicted octanol–water partition coefficient (Wildman–Crippen LogP) is 1.92. The number of carboxylic acid groups (broad SMARTS) is 1. The predicted molar refractivity (Wildman–Crippen MR) is 52.7 cm³/mol. The summed E-state index contributed by atoms with van der Waals surface area (Å²) in [6, 6.07) is 2.95. The summed E-state index contributed by atoms with van der Waals surface area (Å²) in [6.07, 6.45) is 1.60. The fourth-order valence-corrected chi connectivity index (χ4v) is 1.57. The number of halogens is 1. The van der Waals surface area contributed by atoms with E-state index in [0.29, 0.717) is 10.5 Å². The van der Waals surface area contributed by atoms with Crippen LogP contribution >= 0.6 is 11.6 Å². The molecule has 0 amide bonds. The molecular weight excluding hydrogens is 204 g/mol. The van der Waals surface area contributed by atoms with E-state index in [-0.39, 0.29) is 5.56 Å². The molecule has 14 heavy (non-hydrogen) atoms. The lowest BCUT2D eigenvalue weighted by Gasteiger charge is -1.99. The Bertz CT molecular complexity index is 519. The highest BCUT2D eigenvalue weighted by atomic mass is 35.5. The molecule has 1 aromatic heterocycles. The van der Waals surface area contributed by atoms with Gasteiger partial charge in [-0.25, -0.2) is 9.78 Å². The van der Waals surface area contributed by atoms with Crippen molar-refractivity contribution < 1.29 is 9.90 Å². The number of benzene rings is 1. The summed E-state index contributed by atoms with van der Waals surface area (Å²) in [7, 11) is 1.79. The van der Waals surface area contributed by atoms with Crippen LogP contribution in [0, 0.1) is 0 Å². The van der Waals surface area contributed by atoms with E-state index < -0.39 is 5.97 Å². The average molecular weight is 211 g/mol. The van der Waals surface area contributed by atoms with Crippen molar-refractivity contribution in [3.05, 3.63) is 29.0 Å². The van der Waals surface area contributed by atoms with Crippen molar-refractivity contribution in [1.82, 2.24) is 9.55 Å². The Morgan fingerprint density at radius 2 is 2.29 bits per heavy atom. The molecule has 72 valence electrons. The van der Waals surface area contributed by atoms with E-state index in [1.807, 2.05) is 0 Å². The van der Waals surface area contributed by atoms with Crippen LogP contribution in [0.5, 0.6) is 0 Å². The van der Waals surface area contributed by atoms with Gasteiger partial charge in [0.25, 0.3) is 0 Å². The average Bonchev–Trinajstić information content (AvgIpc) is 2.48. The molecule has 0 bridgehead atoms. The second-order valence-corrected chi connectivity index (χ2v) is 3.39. The van der Waals surface area contributed by atoms with Crippen LogP contribution in [0.4, 0.5) is 0 Å². The molecule has 0 atom stereocenters. The smallest absolute Gasteiger partial charge is 0.335 e. The first-order valence-corrected chi connectivity index (χ1v) is 4.31. The van der Waals surface area contributed by atoms with Gasteiger partial charge in [0.1, 0.15) is 5.52 Å². The van der Waals surface area contributed by atoms with Gasteiger partial charge in [0, 0.05) is 7.05 Å². The van der Waals surface area contributed by atoms with Gasteiger partial charge in [0.15, 0.2) is 0 Å². The van der Waals surface area contributed by atoms with Crippen molar-refractivity contribution in [2.45, 2.75) is 0 Å². The van der Waals surface area contributed by atoms with E-state index in [9.17, 15) is 4.79 Å². The first kappa shape index (κ1) is 9.02. The van der Waals surface area contributed by atoms with E-state index in [2.05, 4.69) is 4.98 Å². The Morgan fingerprint density at radius 3 is 2.93 bits per heavy atom. The molecule has 1 heterocycles. The highest BCUT2D eigenvalue weighted by molar-refractivity contribution is 6.35. The number of carboxylic acids is 1. The second kappa shape index (κ2) is 2.99. The lowest BCUT2D eigenvalue weighted by molar-refractivity contribution is 0.0697. The largest absolute Gasteiger partial charge is 0.478 e. The molecule has 0 aliphatic rings. The number of hydrogen-bond acceptors (Lipinski definition) is 2. The van der Waals surface area contributed by atoms with Crippen LogP contribution in [0.3, 0.4) is 0 Å². The Hall–Kier alpha value is -1.55. The van der Waals surface area contributed by atoms with Gasteiger partial charge < -0.3 is 9.67 Å². The molecule has 4 nitrogen and oxygen atoms in total. The zero-order valence-electron chi connectivity index (χ0n) is 7.36. The number of imidazole rings is 1. The summed E-state index contributed by atoms with van der Waals surface area (Å²) in [5.41, 5.74) is 1.51. The normalized spacial score (nSPS) is 10.7. The molecule has 0 spiro atoms. The maximum atomic E-state index is 10.7. The first-order chi connectivity index (χ1) is 6.59. The van der Waals surface area contributed by atoms with Crippen LogP contribution in [0.25, 0.3) is 11.0 Å². The van der Waals surface area contributed by atoms with Crippen molar-refractivity contribution >= 4 is 28.6 Å². The molecule has 0 aliphatic carbocycles. The van der Waals surface area contributed by atoms with Crippen molar-refractivity contribution in [3.63, 3.8) is 0 Å². The minimum absolute atomic E-state index is 0.172. The summed E-state index contributed by atoms with van der Waals surface area (Å²) in [5, 5.41) is 9.17. The molecule has 1 aromatic carbocycles. The summed E-state index contributed by atoms with van der Waals surface area (Å²) in [5.74, 6) is -0.991. The van der Waals surface area contributed by atoms with Gasteiger partial charge in [-0.3, -0.25) is 0 Å². The van der Waals surface area contributed by atoms with Crippen LogP contribution in [0.2, 0.25) is 5.02 Å². The first-order valence-electron chi connectivity index (χ1n) is 3.93. The molecule has 0 unspecified atom stereocenters. The van der Waals surface area contributed by atoms with Crippen LogP contribution in [0.15, 0.2) is 18.5 Å². The summed E-state index contributed by atoms with van der Waals surface area (Å²) >= 11 is 5.88. The zero-order chi connectivity index (χ0) is 10.3. The number of fused-ring (bicyclic) bond motifs is 1. The summed E-state index contributed by atoms with van der Waals surface area (Å²) < 4.78 is 1.73. The molecule has 0 saturated heterocycles. The Morgan fingerprint density at radius 1 is 1.57 bits per heavy atom. The van der Waals surface area contributed by atoms with E-state index in [1.165, 1.54) is 6.07 Å². The van der Waals surface area contributed by atoms with E-state index >= 15 is 0 Å². The third kappa shape index (κ3) is 1.24. The van der Waals surface area contributed by atoms with Gasteiger partial charge in [-0.2, -0.15) is 0 Å². The summed E-state index contributed by atoms with van der Waals surface area (Å²) in [4.78, 5) is 14.8. The van der Waals surface area contributed by atoms with Gasteiger partial charge >= 0.3 is 5.97 Å². The van der Waals surface area contributed by atoms with E-state index in [1.54, 1.807) is 24.0 Å². The maximum absolute atomic E-state index is 10.7. The van der Waals surface area contributed by atoms with Crippen molar-refractivity contribution in [2.24, 2.45) is 7.05 Å². The highest BCUT2D eigenvalue weighted by Crippen LogP contribution is 2.23. The number of carbonyl (C=O) groups is 1. The number of nitrogens with zero attached hydrogens (tertiary/aromatic N) is 2. The van der Waals surface area contributed by atoms with E-state index in [4.69, 9.17) is 16.7 Å². The lowest BCUT2D eigenvalue weighted by Crippen LogP contribution is -1.97. The fraction of sp³-hybridized carbons (Fsp3) is 0.111. The number of aromatic nitrogens is 2. The minimum atomic E-state index is -0.991. The molecule has 0 aliphatic heterocycles. The zero-order valence-corrected chi connectivity index (χ0v) is 8.12. The van der Waals surface area contributed by atoms with Gasteiger partial charge in [0.05, 0.1) is 22.4 Å². The third-order valence-electron chi connectivity index (χ3n) is 2.03. The SMILES string of the molecule is Cn1cnc2c(Cl)cc(C(=O)O)cc21. The van der Waals surface area contributed by atoms with Gasteiger partial charge in [-0.1, -0.05) is 11.6 Å². The molecule has 1 N–H and O–H groups in total. The topological polar surface area (TPSA) is 55.1 Å². The molecule has 0 radical (unpaired) electrons. The third-order valence-corrected chi connectivity index (χ3v) is 2.32. The summed E-state index contributed by atoms with van der Waals surface area (Å²) in [6.45, 7) is 0.